The first-order chi connectivity index (χ1) is 18.0. The van der Waals surface area contributed by atoms with Crippen LogP contribution >= 0.6 is 0 Å². The molecule has 38 heavy (non-hydrogen) atoms. The summed E-state index contributed by atoms with van der Waals surface area (Å²) < 4.78 is 93.5. The molecule has 1 fully saturated rings. The van der Waals surface area contributed by atoms with E-state index < -0.39 is 28.0 Å². The average Bonchev–Trinajstić information content (AvgIpc) is 3.38. The van der Waals surface area contributed by atoms with Gasteiger partial charge in [0.2, 0.25) is 10.0 Å². The quantitative estimate of drug-likeness (QED) is 0.333. The monoisotopic (exact) mass is 548 g/mol. The van der Waals surface area contributed by atoms with Gasteiger partial charge in [0.1, 0.15) is 23.0 Å². The van der Waals surface area contributed by atoms with Crippen molar-refractivity contribution in [1.82, 2.24) is 18.8 Å². The van der Waals surface area contributed by atoms with E-state index in [9.17, 15) is 26.0 Å². The van der Waals surface area contributed by atoms with Gasteiger partial charge in [0.05, 0.1) is 10.5 Å². The molecule has 4 heterocycles. The lowest BCUT2D eigenvalue weighted by atomic mass is 10.1. The Balaban J connectivity index is 1.31. The predicted molar refractivity (Wildman–Crippen MR) is 127 cm³/mol. The summed E-state index contributed by atoms with van der Waals surface area (Å²) in [7, 11) is -4.03. The van der Waals surface area contributed by atoms with Crippen molar-refractivity contribution in [3.05, 3.63) is 65.9 Å². The number of hydrogen-bond donors (Lipinski definition) is 0. The number of ether oxygens (including phenoxy) is 2. The zero-order valence-electron chi connectivity index (χ0n) is 19.9. The van der Waals surface area contributed by atoms with Gasteiger partial charge in [-0.2, -0.15) is 4.31 Å². The number of hydrogen-bond acceptors (Lipinski definition) is 6. The molecular weight excluding hydrogens is 528 g/mol. The molecule has 2 aromatic carbocycles. The number of aromatic nitrogens is 3. The van der Waals surface area contributed by atoms with Gasteiger partial charge in [-0.05, 0) is 56.2 Å². The van der Waals surface area contributed by atoms with E-state index in [1.807, 2.05) is 6.92 Å². The second kappa shape index (κ2) is 8.67. The van der Waals surface area contributed by atoms with Crippen molar-refractivity contribution in [3.8, 4) is 22.9 Å². The van der Waals surface area contributed by atoms with E-state index in [2.05, 4.69) is 19.4 Å². The molecule has 0 aliphatic carbocycles. The molecule has 8 nitrogen and oxygen atoms in total. The first kappa shape index (κ1) is 24.6. The summed E-state index contributed by atoms with van der Waals surface area (Å²) in [6.45, 7) is 2.02. The highest BCUT2D eigenvalue weighted by atomic mass is 32.2. The topological polar surface area (TPSA) is 86.6 Å². The molecule has 0 saturated carbocycles. The summed E-state index contributed by atoms with van der Waals surface area (Å²) in [6, 6.07) is 9.85. The Kier molecular flexibility index (Phi) is 5.61. The average molecular weight is 549 g/mol. The number of piperidine rings is 1. The molecule has 0 atom stereocenters. The predicted octanol–water partition coefficient (Wildman–Crippen LogP) is 5.03. The van der Waals surface area contributed by atoms with Crippen molar-refractivity contribution in [3.63, 3.8) is 0 Å². The number of pyridine rings is 1. The maximum absolute atomic E-state index is 14.8. The summed E-state index contributed by atoms with van der Waals surface area (Å²) in [5.74, 6) is -1.82. The Bertz CT molecular complexity index is 1680. The second-order valence-corrected chi connectivity index (χ2v) is 11.1. The van der Waals surface area contributed by atoms with E-state index in [0.717, 1.165) is 30.0 Å². The van der Waals surface area contributed by atoms with Crippen molar-refractivity contribution in [1.29, 1.82) is 0 Å². The molecule has 13 heteroatoms. The zero-order valence-corrected chi connectivity index (χ0v) is 20.7. The van der Waals surface area contributed by atoms with Gasteiger partial charge in [-0.3, -0.25) is 0 Å². The van der Waals surface area contributed by atoms with Crippen LogP contribution in [-0.4, -0.2) is 46.6 Å². The van der Waals surface area contributed by atoms with Crippen LogP contribution in [0, 0.1) is 18.6 Å². The lowest BCUT2D eigenvalue weighted by Crippen LogP contribution is -2.39. The van der Waals surface area contributed by atoms with Crippen molar-refractivity contribution in [2.45, 2.75) is 37.0 Å². The molecule has 2 aromatic heterocycles. The van der Waals surface area contributed by atoms with Gasteiger partial charge in [0.25, 0.3) is 0 Å². The molecule has 0 spiro atoms. The number of sulfonamides is 1. The smallest absolute Gasteiger partial charge is 0.395 e. The summed E-state index contributed by atoms with van der Waals surface area (Å²) in [5.41, 5.74) is 1.87. The number of alkyl halides is 2. The Morgan fingerprint density at radius 3 is 2.42 bits per heavy atom. The highest BCUT2D eigenvalue weighted by Gasteiger charge is 2.44. The molecule has 4 aromatic rings. The van der Waals surface area contributed by atoms with Crippen LogP contribution in [0.15, 0.2) is 53.4 Å². The van der Waals surface area contributed by atoms with Gasteiger partial charge in [0.15, 0.2) is 17.1 Å². The van der Waals surface area contributed by atoms with Crippen LogP contribution in [0.25, 0.3) is 22.6 Å². The van der Waals surface area contributed by atoms with Gasteiger partial charge in [0, 0.05) is 37.0 Å². The van der Waals surface area contributed by atoms with E-state index in [0.29, 0.717) is 24.0 Å². The maximum atomic E-state index is 14.8. The van der Waals surface area contributed by atoms with Gasteiger partial charge in [-0.15, -0.1) is 8.78 Å². The van der Waals surface area contributed by atoms with Gasteiger partial charge >= 0.3 is 6.29 Å². The number of benzene rings is 2. The highest BCUT2D eigenvalue weighted by Crippen LogP contribution is 2.43. The number of imidazole rings is 1. The summed E-state index contributed by atoms with van der Waals surface area (Å²) >= 11 is 0. The number of halogens is 4. The van der Waals surface area contributed by atoms with Gasteiger partial charge < -0.3 is 14.0 Å². The number of fused-ring (bicyclic) bond motifs is 2. The van der Waals surface area contributed by atoms with Crippen LogP contribution in [0.5, 0.6) is 11.5 Å². The number of nitrogens with zero attached hydrogens (tertiary/aromatic N) is 4. The lowest BCUT2D eigenvalue weighted by molar-refractivity contribution is -0.286. The molecule has 0 amide bonds. The first-order valence-electron chi connectivity index (χ1n) is 11.7. The molecule has 2 aliphatic rings. The van der Waals surface area contributed by atoms with E-state index in [-0.39, 0.29) is 46.9 Å². The third kappa shape index (κ3) is 4.15. The van der Waals surface area contributed by atoms with Crippen LogP contribution in [0.3, 0.4) is 0 Å². The van der Waals surface area contributed by atoms with Crippen LogP contribution in [-0.2, 0) is 10.0 Å². The van der Waals surface area contributed by atoms with E-state index in [1.165, 1.54) is 16.4 Å². The fraction of sp³-hybridized carbons (Fsp3) is 0.280. The molecule has 1 saturated heterocycles. The lowest BCUT2D eigenvalue weighted by Gasteiger charge is -2.32. The minimum atomic E-state index is -4.03. The Hall–Kier alpha value is -3.71. The van der Waals surface area contributed by atoms with Crippen LogP contribution < -0.4 is 9.47 Å². The summed E-state index contributed by atoms with van der Waals surface area (Å²) in [5, 5.41) is 0. The SMILES string of the molecule is Cc1ccc2nc(-c3ccc(F)cc3F)n(C3CCN(S(=O)(=O)c4ccc5c(c4)OC(F)(F)O5)CC3)c2n1. The van der Waals surface area contributed by atoms with E-state index in [1.54, 1.807) is 16.7 Å². The standard InChI is InChI=1S/C25H20F4N4O4S/c1-14-2-6-20-24(30-14)33(23(31-20)18-5-3-15(26)12-19(18)27)16-8-10-32(11-9-16)38(34,35)17-4-7-21-22(13-17)37-25(28,29)36-21/h2-7,12-13,16H,8-11H2,1H3. The molecule has 0 N–H and O–H groups in total. The molecule has 2 aliphatic heterocycles. The van der Waals surface area contributed by atoms with Crippen molar-refractivity contribution in [2.75, 3.05) is 13.1 Å². The van der Waals surface area contributed by atoms with E-state index >= 15 is 0 Å². The molecular formula is C25H20F4N4O4S. The minimum absolute atomic E-state index is 0.106. The zero-order chi connectivity index (χ0) is 26.8. The fourth-order valence-electron chi connectivity index (χ4n) is 4.85. The molecule has 6 rings (SSSR count). The van der Waals surface area contributed by atoms with Crippen molar-refractivity contribution in [2.24, 2.45) is 0 Å². The Morgan fingerprint density at radius 2 is 1.68 bits per heavy atom. The Morgan fingerprint density at radius 1 is 0.947 bits per heavy atom. The molecule has 198 valence electrons. The fourth-order valence-corrected chi connectivity index (χ4v) is 6.34. The molecule has 0 radical (unpaired) electrons. The summed E-state index contributed by atoms with van der Waals surface area (Å²) in [4.78, 5) is 8.96. The number of rotatable bonds is 4. The third-order valence-electron chi connectivity index (χ3n) is 6.65. The van der Waals surface area contributed by atoms with Crippen LogP contribution in [0.4, 0.5) is 17.6 Å². The minimum Gasteiger partial charge on any atom is -0.395 e. The van der Waals surface area contributed by atoms with Crippen LogP contribution in [0.1, 0.15) is 24.6 Å². The third-order valence-corrected chi connectivity index (χ3v) is 8.54. The molecule has 0 bridgehead atoms. The number of aryl methyl sites for hydroxylation is 1. The van der Waals surface area contributed by atoms with E-state index in [4.69, 9.17) is 0 Å². The maximum Gasteiger partial charge on any atom is 0.586 e. The Labute approximate surface area is 214 Å². The van der Waals surface area contributed by atoms with Crippen molar-refractivity contribution >= 4 is 21.2 Å². The summed E-state index contributed by atoms with van der Waals surface area (Å²) in [6.07, 6.45) is -3.16. The first-order valence-corrected chi connectivity index (χ1v) is 13.2. The largest absolute Gasteiger partial charge is 0.586 e. The highest BCUT2D eigenvalue weighted by molar-refractivity contribution is 7.89. The second-order valence-electron chi connectivity index (χ2n) is 9.14. The molecule has 0 unspecified atom stereocenters. The normalized spacial score (nSPS) is 17.8. The van der Waals surface area contributed by atoms with Gasteiger partial charge in [-0.1, -0.05) is 0 Å². The van der Waals surface area contributed by atoms with Gasteiger partial charge in [-0.25, -0.2) is 27.2 Å². The van der Waals surface area contributed by atoms with Crippen LogP contribution in [0.2, 0.25) is 0 Å². The van der Waals surface area contributed by atoms with Crippen molar-refractivity contribution < 1.29 is 35.5 Å².